The lowest BCUT2D eigenvalue weighted by atomic mass is 9.93. The Labute approximate surface area is 163 Å². The maximum Gasteiger partial charge on any atom is 0.124 e. The van der Waals surface area contributed by atoms with Crippen molar-refractivity contribution in [1.82, 2.24) is 10.2 Å². The highest BCUT2D eigenvalue weighted by Crippen LogP contribution is 2.38. The largest absolute Gasteiger partial charge is 0.494 e. The Bertz CT molecular complexity index is 645. The van der Waals surface area contributed by atoms with Crippen molar-refractivity contribution in [1.29, 1.82) is 0 Å². The van der Waals surface area contributed by atoms with Gasteiger partial charge in [-0.15, -0.1) is 24.8 Å². The van der Waals surface area contributed by atoms with E-state index in [-0.39, 0.29) is 24.8 Å². The Kier molecular flexibility index (Phi) is 9.58. The van der Waals surface area contributed by atoms with Crippen LogP contribution >= 0.6 is 24.8 Å². The van der Waals surface area contributed by atoms with Crippen LogP contribution in [0.25, 0.3) is 10.8 Å². The van der Waals surface area contributed by atoms with Crippen molar-refractivity contribution in [2.24, 2.45) is 0 Å². The average Bonchev–Trinajstić information content (AvgIpc) is 2.61. The number of halogens is 2. The summed E-state index contributed by atoms with van der Waals surface area (Å²) in [5.74, 6) is 1.06. The molecule has 1 aliphatic rings. The first-order chi connectivity index (χ1) is 11.3. The van der Waals surface area contributed by atoms with Crippen molar-refractivity contribution < 1.29 is 4.74 Å². The summed E-state index contributed by atoms with van der Waals surface area (Å²) in [4.78, 5) is 2.63. The predicted octanol–water partition coefficient (Wildman–Crippen LogP) is 4.83. The molecular formula is C20H30Cl2N2O. The number of rotatable bonds is 6. The van der Waals surface area contributed by atoms with E-state index in [9.17, 15) is 0 Å². The van der Waals surface area contributed by atoms with E-state index >= 15 is 0 Å². The van der Waals surface area contributed by atoms with Gasteiger partial charge in [-0.2, -0.15) is 0 Å². The van der Waals surface area contributed by atoms with Gasteiger partial charge < -0.3 is 10.1 Å². The normalized spacial score (nSPS) is 15.9. The molecule has 0 radical (unpaired) electrons. The topological polar surface area (TPSA) is 24.5 Å². The lowest BCUT2D eigenvalue weighted by Gasteiger charge is -2.36. The first kappa shape index (κ1) is 22.0. The SMILES string of the molecule is CCC[C@@H](c1c(OCC)ccc2ccccc12)N1CCNCC1.Cl.Cl. The van der Waals surface area contributed by atoms with Crippen LogP contribution < -0.4 is 10.1 Å². The van der Waals surface area contributed by atoms with Crippen molar-refractivity contribution in [2.75, 3.05) is 32.8 Å². The van der Waals surface area contributed by atoms with Gasteiger partial charge in [-0.3, -0.25) is 4.90 Å². The molecule has 2 aromatic rings. The van der Waals surface area contributed by atoms with Gasteiger partial charge in [-0.05, 0) is 30.2 Å². The van der Waals surface area contributed by atoms with Crippen molar-refractivity contribution in [2.45, 2.75) is 32.7 Å². The third-order valence-corrected chi connectivity index (χ3v) is 4.72. The molecule has 1 N–H and O–H groups in total. The highest BCUT2D eigenvalue weighted by molar-refractivity contribution is 5.88. The molecule has 25 heavy (non-hydrogen) atoms. The Morgan fingerprint density at radius 1 is 1.04 bits per heavy atom. The zero-order valence-corrected chi connectivity index (χ0v) is 16.8. The fourth-order valence-corrected chi connectivity index (χ4v) is 3.68. The monoisotopic (exact) mass is 384 g/mol. The fourth-order valence-electron chi connectivity index (χ4n) is 3.68. The Balaban J connectivity index is 0.00000156. The van der Waals surface area contributed by atoms with E-state index in [0.717, 1.165) is 31.9 Å². The molecule has 1 heterocycles. The third-order valence-electron chi connectivity index (χ3n) is 4.72. The van der Waals surface area contributed by atoms with Crippen LogP contribution in [0.1, 0.15) is 38.3 Å². The van der Waals surface area contributed by atoms with Crippen molar-refractivity contribution in [3.05, 3.63) is 42.0 Å². The maximum absolute atomic E-state index is 6.02. The Hall–Kier alpha value is -1.00. The van der Waals surface area contributed by atoms with E-state index in [1.165, 1.54) is 29.2 Å². The van der Waals surface area contributed by atoms with Crippen LogP contribution in [0.2, 0.25) is 0 Å². The van der Waals surface area contributed by atoms with E-state index < -0.39 is 0 Å². The zero-order valence-electron chi connectivity index (χ0n) is 15.2. The second kappa shape index (κ2) is 10.9. The van der Waals surface area contributed by atoms with E-state index in [1.807, 2.05) is 0 Å². The molecule has 1 saturated heterocycles. The summed E-state index contributed by atoms with van der Waals surface area (Å²) < 4.78 is 6.02. The molecule has 5 heteroatoms. The van der Waals surface area contributed by atoms with Gasteiger partial charge in [0.05, 0.1) is 6.61 Å². The minimum atomic E-state index is 0. The molecule has 140 valence electrons. The average molecular weight is 385 g/mol. The van der Waals surface area contributed by atoms with Crippen molar-refractivity contribution >= 4 is 35.6 Å². The summed E-state index contributed by atoms with van der Waals surface area (Å²) in [6, 6.07) is 13.5. The van der Waals surface area contributed by atoms with Crippen LogP contribution in [0.15, 0.2) is 36.4 Å². The number of nitrogens with zero attached hydrogens (tertiary/aromatic N) is 1. The summed E-state index contributed by atoms with van der Waals surface area (Å²) in [5, 5.41) is 6.12. The molecule has 2 aromatic carbocycles. The highest BCUT2D eigenvalue weighted by atomic mass is 35.5. The first-order valence-electron chi connectivity index (χ1n) is 8.94. The number of benzene rings is 2. The van der Waals surface area contributed by atoms with Crippen LogP contribution in [-0.2, 0) is 0 Å². The highest BCUT2D eigenvalue weighted by Gasteiger charge is 2.26. The van der Waals surface area contributed by atoms with E-state index in [2.05, 4.69) is 60.5 Å². The number of nitrogens with one attached hydrogen (secondary N) is 1. The summed E-state index contributed by atoms with van der Waals surface area (Å²) >= 11 is 0. The maximum atomic E-state index is 6.02. The molecule has 0 aliphatic carbocycles. The second-order valence-electron chi connectivity index (χ2n) is 6.22. The lowest BCUT2D eigenvalue weighted by molar-refractivity contribution is 0.162. The molecule has 1 atom stereocenters. The quantitative estimate of drug-likeness (QED) is 0.771. The van der Waals surface area contributed by atoms with Gasteiger partial charge in [0.2, 0.25) is 0 Å². The molecule has 3 rings (SSSR count). The second-order valence-corrected chi connectivity index (χ2v) is 6.22. The first-order valence-corrected chi connectivity index (χ1v) is 8.94. The molecule has 0 bridgehead atoms. The summed E-state index contributed by atoms with van der Waals surface area (Å²) in [5.41, 5.74) is 1.38. The standard InChI is InChI=1S/C20H28N2O.2ClH/c1-3-7-18(22-14-12-21-13-15-22)20-17-9-6-5-8-16(17)10-11-19(20)23-4-2;;/h5-6,8-11,18,21H,3-4,7,12-15H2,1-2H3;2*1H/t18-;;/m0../s1. The van der Waals surface area contributed by atoms with Crippen molar-refractivity contribution in [3.63, 3.8) is 0 Å². The number of hydrogen-bond acceptors (Lipinski definition) is 3. The lowest BCUT2D eigenvalue weighted by Crippen LogP contribution is -2.45. The van der Waals surface area contributed by atoms with Gasteiger partial charge >= 0.3 is 0 Å². The fraction of sp³-hybridized carbons (Fsp3) is 0.500. The van der Waals surface area contributed by atoms with Crippen LogP contribution in [0, 0.1) is 0 Å². The van der Waals surface area contributed by atoms with E-state index in [0.29, 0.717) is 12.6 Å². The minimum absolute atomic E-state index is 0. The predicted molar refractivity (Wildman–Crippen MR) is 112 cm³/mol. The number of piperazine rings is 1. The summed E-state index contributed by atoms with van der Waals surface area (Å²) in [6.07, 6.45) is 2.36. The molecule has 1 fully saturated rings. The molecule has 0 aromatic heterocycles. The van der Waals surface area contributed by atoms with Gasteiger partial charge in [0, 0.05) is 37.8 Å². The molecule has 1 aliphatic heterocycles. The number of ether oxygens (including phenoxy) is 1. The Morgan fingerprint density at radius 3 is 2.44 bits per heavy atom. The Morgan fingerprint density at radius 2 is 1.76 bits per heavy atom. The minimum Gasteiger partial charge on any atom is -0.494 e. The van der Waals surface area contributed by atoms with E-state index in [1.54, 1.807) is 0 Å². The third kappa shape index (κ3) is 5.01. The van der Waals surface area contributed by atoms with Crippen LogP contribution in [0.5, 0.6) is 5.75 Å². The molecule has 3 nitrogen and oxygen atoms in total. The molecule has 0 saturated carbocycles. The van der Waals surface area contributed by atoms with Gasteiger partial charge in [-0.25, -0.2) is 0 Å². The summed E-state index contributed by atoms with van der Waals surface area (Å²) in [6.45, 7) is 9.44. The zero-order chi connectivity index (χ0) is 16.1. The van der Waals surface area contributed by atoms with Crippen LogP contribution in [-0.4, -0.2) is 37.7 Å². The van der Waals surface area contributed by atoms with Gasteiger partial charge in [0.25, 0.3) is 0 Å². The van der Waals surface area contributed by atoms with Gasteiger partial charge in [-0.1, -0.05) is 43.7 Å². The van der Waals surface area contributed by atoms with Crippen LogP contribution in [0.3, 0.4) is 0 Å². The molecule has 0 amide bonds. The number of fused-ring (bicyclic) bond motifs is 1. The van der Waals surface area contributed by atoms with Gasteiger partial charge in [0.15, 0.2) is 0 Å². The molecule has 0 spiro atoms. The smallest absolute Gasteiger partial charge is 0.124 e. The van der Waals surface area contributed by atoms with Crippen molar-refractivity contribution in [3.8, 4) is 5.75 Å². The summed E-state index contributed by atoms with van der Waals surface area (Å²) in [7, 11) is 0. The van der Waals surface area contributed by atoms with Crippen LogP contribution in [0.4, 0.5) is 0 Å². The molecule has 0 unspecified atom stereocenters. The number of hydrogen-bond donors (Lipinski definition) is 1. The van der Waals surface area contributed by atoms with E-state index in [4.69, 9.17) is 4.74 Å². The van der Waals surface area contributed by atoms with Gasteiger partial charge in [0.1, 0.15) is 5.75 Å². The molecular weight excluding hydrogens is 355 g/mol.